The van der Waals surface area contributed by atoms with E-state index in [4.69, 9.17) is 14.2 Å². The van der Waals surface area contributed by atoms with Gasteiger partial charge in [-0.3, -0.25) is 4.79 Å². The monoisotopic (exact) mass is 284 g/mol. The van der Waals surface area contributed by atoms with Crippen molar-refractivity contribution in [2.24, 2.45) is 23.2 Å². The van der Waals surface area contributed by atoms with Gasteiger partial charge in [0.15, 0.2) is 5.79 Å². The number of methoxy groups -OCH3 is 1. The maximum atomic E-state index is 11.9. The van der Waals surface area contributed by atoms with Gasteiger partial charge in [0.1, 0.15) is 0 Å². The summed E-state index contributed by atoms with van der Waals surface area (Å²) in [6.45, 7) is 5.60. The lowest BCUT2D eigenvalue weighted by Crippen LogP contribution is -2.47. The van der Waals surface area contributed by atoms with Crippen molar-refractivity contribution in [2.45, 2.75) is 45.0 Å². The number of rotatable bonds is 1. The normalized spacial score (nSPS) is 41.6. The number of aliphatic hydroxyl groups is 1. The smallest absolute Gasteiger partial charge is 0.311 e. The van der Waals surface area contributed by atoms with Gasteiger partial charge in [0.05, 0.1) is 32.3 Å². The van der Waals surface area contributed by atoms with E-state index in [1.807, 2.05) is 0 Å². The molecule has 5 heteroatoms. The molecule has 3 aliphatic rings. The fourth-order valence-corrected chi connectivity index (χ4v) is 4.02. The molecule has 0 aromatic rings. The van der Waals surface area contributed by atoms with Crippen LogP contribution in [0.25, 0.3) is 0 Å². The third-order valence-electron chi connectivity index (χ3n) is 5.07. The van der Waals surface area contributed by atoms with Crippen molar-refractivity contribution in [1.29, 1.82) is 0 Å². The molecule has 1 heterocycles. The van der Waals surface area contributed by atoms with Crippen molar-refractivity contribution in [3.8, 4) is 0 Å². The van der Waals surface area contributed by atoms with Gasteiger partial charge in [-0.2, -0.15) is 0 Å². The van der Waals surface area contributed by atoms with Crippen LogP contribution in [0.4, 0.5) is 0 Å². The van der Waals surface area contributed by atoms with Crippen molar-refractivity contribution in [1.82, 2.24) is 0 Å². The average molecular weight is 284 g/mol. The second kappa shape index (κ2) is 4.68. The number of hydrogen-bond donors (Lipinski definition) is 1. The van der Waals surface area contributed by atoms with Crippen LogP contribution in [0.15, 0.2) is 0 Å². The topological polar surface area (TPSA) is 65.0 Å². The van der Waals surface area contributed by atoms with Gasteiger partial charge in [-0.25, -0.2) is 0 Å². The summed E-state index contributed by atoms with van der Waals surface area (Å²) >= 11 is 0. The number of hydrogen-bond acceptors (Lipinski definition) is 5. The molecule has 0 amide bonds. The van der Waals surface area contributed by atoms with E-state index >= 15 is 0 Å². The van der Waals surface area contributed by atoms with Gasteiger partial charge in [-0.05, 0) is 18.3 Å². The summed E-state index contributed by atoms with van der Waals surface area (Å²) in [7, 11) is 1.38. The van der Waals surface area contributed by atoms with E-state index in [-0.39, 0.29) is 23.2 Å². The molecule has 0 unspecified atom stereocenters. The Hall–Kier alpha value is -0.650. The van der Waals surface area contributed by atoms with E-state index in [1.54, 1.807) is 0 Å². The van der Waals surface area contributed by atoms with Crippen molar-refractivity contribution >= 4 is 5.97 Å². The minimum Gasteiger partial charge on any atom is -0.469 e. The van der Waals surface area contributed by atoms with Crippen LogP contribution in [0, 0.1) is 23.2 Å². The van der Waals surface area contributed by atoms with E-state index in [2.05, 4.69) is 13.8 Å². The molecule has 2 aliphatic carbocycles. The molecule has 0 aromatic carbocycles. The van der Waals surface area contributed by atoms with Crippen LogP contribution in [0.1, 0.15) is 33.1 Å². The molecule has 1 aliphatic heterocycles. The van der Waals surface area contributed by atoms with Crippen molar-refractivity contribution in [3.05, 3.63) is 0 Å². The fourth-order valence-electron chi connectivity index (χ4n) is 4.02. The molecular weight excluding hydrogens is 260 g/mol. The molecular formula is C15H24O5. The van der Waals surface area contributed by atoms with Gasteiger partial charge in [0.2, 0.25) is 0 Å². The summed E-state index contributed by atoms with van der Waals surface area (Å²) in [5.74, 6) is -0.879. The van der Waals surface area contributed by atoms with E-state index in [0.717, 1.165) is 6.42 Å². The van der Waals surface area contributed by atoms with Crippen LogP contribution in [0.5, 0.6) is 0 Å². The summed E-state index contributed by atoms with van der Waals surface area (Å²) in [5.41, 5.74) is 0.0458. The Balaban J connectivity index is 1.73. The van der Waals surface area contributed by atoms with Crippen LogP contribution < -0.4 is 0 Å². The van der Waals surface area contributed by atoms with Gasteiger partial charge in [0.25, 0.3) is 0 Å². The molecule has 114 valence electrons. The first-order chi connectivity index (χ1) is 9.36. The summed E-state index contributed by atoms with van der Waals surface area (Å²) < 4.78 is 16.9. The highest BCUT2D eigenvalue weighted by molar-refractivity contribution is 5.74. The van der Waals surface area contributed by atoms with Crippen LogP contribution in [-0.2, 0) is 19.0 Å². The second-order valence-electron chi connectivity index (χ2n) is 7.34. The van der Waals surface area contributed by atoms with E-state index < -0.39 is 17.8 Å². The molecule has 3 rings (SSSR count). The average Bonchev–Trinajstić information content (AvgIpc) is 2.86. The van der Waals surface area contributed by atoms with Crippen LogP contribution in [0.2, 0.25) is 0 Å². The van der Waals surface area contributed by atoms with Crippen LogP contribution in [0.3, 0.4) is 0 Å². The SMILES string of the molecule is COC(=O)[C@@H]1[C@H]2CC3(C[C@H]2C[C@H]1O)OCC(C)(C)CO3. The van der Waals surface area contributed by atoms with Gasteiger partial charge < -0.3 is 19.3 Å². The zero-order valence-corrected chi connectivity index (χ0v) is 12.4. The number of esters is 1. The third kappa shape index (κ3) is 2.26. The van der Waals surface area contributed by atoms with Gasteiger partial charge >= 0.3 is 5.97 Å². The first kappa shape index (κ1) is 14.3. The Labute approximate surface area is 119 Å². The highest BCUT2D eigenvalue weighted by atomic mass is 16.7. The molecule has 1 spiro atoms. The van der Waals surface area contributed by atoms with Gasteiger partial charge in [-0.15, -0.1) is 0 Å². The maximum Gasteiger partial charge on any atom is 0.311 e. The highest BCUT2D eigenvalue weighted by Gasteiger charge is 2.59. The van der Waals surface area contributed by atoms with Gasteiger partial charge in [0, 0.05) is 18.3 Å². The third-order valence-corrected chi connectivity index (χ3v) is 5.07. The first-order valence-electron chi connectivity index (χ1n) is 7.40. The van der Waals surface area contributed by atoms with E-state index in [9.17, 15) is 9.90 Å². The van der Waals surface area contributed by atoms with E-state index in [0.29, 0.717) is 26.1 Å². The number of aliphatic hydroxyl groups excluding tert-OH is 1. The quantitative estimate of drug-likeness (QED) is 0.736. The van der Waals surface area contributed by atoms with Crippen LogP contribution in [-0.4, -0.2) is 43.3 Å². The molecule has 0 bridgehead atoms. The Kier molecular flexibility index (Phi) is 3.35. The van der Waals surface area contributed by atoms with Crippen LogP contribution >= 0.6 is 0 Å². The minimum atomic E-state index is -0.588. The number of carbonyl (C=O) groups excluding carboxylic acids is 1. The fraction of sp³-hybridized carbons (Fsp3) is 0.933. The summed E-state index contributed by atoms with van der Waals surface area (Å²) in [4.78, 5) is 11.9. The number of carbonyl (C=O) groups is 1. The highest BCUT2D eigenvalue weighted by Crippen LogP contribution is 2.55. The Morgan fingerprint density at radius 1 is 1.25 bits per heavy atom. The molecule has 3 fully saturated rings. The molecule has 4 atom stereocenters. The molecule has 20 heavy (non-hydrogen) atoms. The molecule has 0 radical (unpaired) electrons. The molecule has 0 aromatic heterocycles. The standard InChI is InChI=1S/C15H24O5/c1-14(2)7-19-15(20-8-14)5-9-4-11(16)12(10(9)6-15)13(17)18-3/h9-12,16H,4-8H2,1-3H3/t9-,10+,11-,12-/m1/s1. The Bertz CT molecular complexity index is 395. The number of ether oxygens (including phenoxy) is 3. The van der Waals surface area contributed by atoms with Crippen molar-refractivity contribution in [3.63, 3.8) is 0 Å². The molecule has 5 nitrogen and oxygen atoms in total. The maximum absolute atomic E-state index is 11.9. The summed E-state index contributed by atoms with van der Waals surface area (Å²) in [6, 6.07) is 0. The zero-order valence-electron chi connectivity index (χ0n) is 12.4. The summed E-state index contributed by atoms with van der Waals surface area (Å²) in [5, 5.41) is 10.1. The zero-order chi connectivity index (χ0) is 14.5. The first-order valence-corrected chi connectivity index (χ1v) is 7.40. The lowest BCUT2D eigenvalue weighted by Gasteiger charge is -2.42. The lowest BCUT2D eigenvalue weighted by atomic mass is 9.90. The molecule has 2 saturated carbocycles. The van der Waals surface area contributed by atoms with Crippen molar-refractivity contribution in [2.75, 3.05) is 20.3 Å². The number of fused-ring (bicyclic) bond motifs is 1. The Morgan fingerprint density at radius 2 is 1.90 bits per heavy atom. The van der Waals surface area contributed by atoms with Crippen molar-refractivity contribution < 1.29 is 24.1 Å². The summed E-state index contributed by atoms with van der Waals surface area (Å²) in [6.07, 6.45) is 1.51. The Morgan fingerprint density at radius 3 is 2.50 bits per heavy atom. The second-order valence-corrected chi connectivity index (χ2v) is 7.34. The minimum absolute atomic E-state index is 0.0458. The predicted octanol–water partition coefficient (Wildman–Crippen LogP) is 1.34. The predicted molar refractivity (Wildman–Crippen MR) is 70.8 cm³/mol. The molecule has 1 N–H and O–H groups in total. The van der Waals surface area contributed by atoms with Gasteiger partial charge in [-0.1, -0.05) is 13.8 Å². The molecule has 1 saturated heterocycles. The lowest BCUT2D eigenvalue weighted by molar-refractivity contribution is -0.298. The van der Waals surface area contributed by atoms with E-state index in [1.165, 1.54) is 7.11 Å². The largest absolute Gasteiger partial charge is 0.469 e.